The molecule has 0 aliphatic heterocycles. The first kappa shape index (κ1) is 14.0. The zero-order chi connectivity index (χ0) is 15.7. The zero-order valence-corrected chi connectivity index (χ0v) is 11.7. The van der Waals surface area contributed by atoms with Gasteiger partial charge in [-0.2, -0.15) is 0 Å². The normalized spacial score (nSPS) is 10.6. The number of rotatable bonds is 2. The van der Waals surface area contributed by atoms with Crippen molar-refractivity contribution < 1.29 is 13.9 Å². The Morgan fingerprint density at radius 3 is 2.50 bits per heavy atom. The lowest BCUT2D eigenvalue weighted by Crippen LogP contribution is -2.06. The fourth-order valence-corrected chi connectivity index (χ4v) is 2.28. The highest BCUT2D eigenvalue weighted by Crippen LogP contribution is 2.19. The van der Waals surface area contributed by atoms with E-state index in [1.807, 2.05) is 0 Å². The minimum Gasteiger partial charge on any atom is -0.465 e. The van der Waals surface area contributed by atoms with Gasteiger partial charge in [-0.05, 0) is 48.0 Å². The average Bonchev–Trinajstić information content (AvgIpc) is 2.54. The van der Waals surface area contributed by atoms with Crippen LogP contribution in [-0.2, 0) is 4.74 Å². The number of aromatic amines is 1. The van der Waals surface area contributed by atoms with E-state index in [0.29, 0.717) is 27.7 Å². The summed E-state index contributed by atoms with van der Waals surface area (Å²) in [6.45, 7) is 0. The Morgan fingerprint density at radius 2 is 1.82 bits per heavy atom. The van der Waals surface area contributed by atoms with Crippen molar-refractivity contribution in [2.45, 2.75) is 0 Å². The van der Waals surface area contributed by atoms with Crippen LogP contribution < -0.4 is 5.43 Å². The smallest absolute Gasteiger partial charge is 0.337 e. The number of ether oxygens (including phenoxy) is 1. The maximum Gasteiger partial charge on any atom is 0.337 e. The summed E-state index contributed by atoms with van der Waals surface area (Å²) < 4.78 is 17.7. The quantitative estimate of drug-likeness (QED) is 0.739. The van der Waals surface area contributed by atoms with Crippen LogP contribution in [0.1, 0.15) is 10.4 Å². The van der Waals surface area contributed by atoms with Crippen molar-refractivity contribution in [3.63, 3.8) is 0 Å². The van der Waals surface area contributed by atoms with Crippen molar-refractivity contribution in [2.24, 2.45) is 0 Å². The highest BCUT2D eigenvalue weighted by Gasteiger charge is 2.09. The third kappa shape index (κ3) is 2.48. The number of hydrogen-bond acceptors (Lipinski definition) is 3. The van der Waals surface area contributed by atoms with E-state index in [1.165, 1.54) is 25.3 Å². The number of esters is 1. The summed E-state index contributed by atoms with van der Waals surface area (Å²) in [4.78, 5) is 26.9. The molecule has 5 heteroatoms. The summed E-state index contributed by atoms with van der Waals surface area (Å²) in [6, 6.07) is 11.9. The van der Waals surface area contributed by atoms with E-state index in [2.05, 4.69) is 9.72 Å². The SMILES string of the molecule is COC(=O)c1ccc2c(=O)cc(-c3ccc(F)cc3)[nH]c2c1. The van der Waals surface area contributed by atoms with Crippen molar-refractivity contribution in [1.29, 1.82) is 0 Å². The second-order valence-electron chi connectivity index (χ2n) is 4.81. The summed E-state index contributed by atoms with van der Waals surface area (Å²) in [5.74, 6) is -0.824. The van der Waals surface area contributed by atoms with E-state index in [9.17, 15) is 14.0 Å². The molecule has 0 unspecified atom stereocenters. The first-order valence-electron chi connectivity index (χ1n) is 6.60. The van der Waals surface area contributed by atoms with E-state index >= 15 is 0 Å². The molecule has 4 nitrogen and oxygen atoms in total. The van der Waals surface area contributed by atoms with E-state index in [4.69, 9.17) is 0 Å². The summed E-state index contributed by atoms with van der Waals surface area (Å²) in [6.07, 6.45) is 0. The Hall–Kier alpha value is -2.95. The van der Waals surface area contributed by atoms with E-state index in [0.717, 1.165) is 0 Å². The molecule has 0 saturated carbocycles. The van der Waals surface area contributed by atoms with Crippen LogP contribution in [-0.4, -0.2) is 18.1 Å². The Bertz CT molecular complexity index is 913. The molecule has 0 radical (unpaired) electrons. The van der Waals surface area contributed by atoms with Crippen molar-refractivity contribution in [2.75, 3.05) is 7.11 Å². The largest absolute Gasteiger partial charge is 0.465 e. The average molecular weight is 297 g/mol. The van der Waals surface area contributed by atoms with Gasteiger partial charge in [-0.15, -0.1) is 0 Å². The number of pyridine rings is 1. The lowest BCUT2D eigenvalue weighted by Gasteiger charge is -2.06. The molecule has 0 saturated heterocycles. The molecule has 110 valence electrons. The predicted molar refractivity (Wildman–Crippen MR) is 81.3 cm³/mol. The Balaban J connectivity index is 2.19. The molecule has 0 atom stereocenters. The first-order chi connectivity index (χ1) is 10.6. The van der Waals surface area contributed by atoms with Gasteiger partial charge in [0.1, 0.15) is 5.82 Å². The van der Waals surface area contributed by atoms with Gasteiger partial charge in [0.15, 0.2) is 5.43 Å². The Labute approximate surface area is 125 Å². The Kier molecular flexibility index (Phi) is 3.47. The highest BCUT2D eigenvalue weighted by atomic mass is 19.1. The number of H-pyrrole nitrogens is 1. The minimum absolute atomic E-state index is 0.176. The van der Waals surface area contributed by atoms with Crippen LogP contribution in [0.2, 0.25) is 0 Å². The van der Waals surface area contributed by atoms with Crippen LogP contribution in [0, 0.1) is 5.82 Å². The minimum atomic E-state index is -0.477. The van der Waals surface area contributed by atoms with Crippen LogP contribution in [0.5, 0.6) is 0 Å². The molecular weight excluding hydrogens is 285 g/mol. The van der Waals surface area contributed by atoms with Crippen LogP contribution in [0.25, 0.3) is 22.2 Å². The highest BCUT2D eigenvalue weighted by molar-refractivity contribution is 5.94. The van der Waals surface area contributed by atoms with Crippen molar-refractivity contribution >= 4 is 16.9 Å². The van der Waals surface area contributed by atoms with Gasteiger partial charge in [0, 0.05) is 17.1 Å². The van der Waals surface area contributed by atoms with Crippen molar-refractivity contribution in [1.82, 2.24) is 4.98 Å². The number of benzene rings is 2. The van der Waals surface area contributed by atoms with E-state index < -0.39 is 5.97 Å². The number of hydrogen-bond donors (Lipinski definition) is 1. The Morgan fingerprint density at radius 1 is 1.09 bits per heavy atom. The maximum absolute atomic E-state index is 13.0. The molecular formula is C17H12FNO3. The van der Waals surface area contributed by atoms with Crippen LogP contribution in [0.4, 0.5) is 4.39 Å². The third-order valence-corrected chi connectivity index (χ3v) is 3.41. The van der Waals surface area contributed by atoms with Crippen molar-refractivity contribution in [3.05, 3.63) is 70.1 Å². The van der Waals surface area contributed by atoms with Gasteiger partial charge in [0.05, 0.1) is 18.2 Å². The monoisotopic (exact) mass is 297 g/mol. The topological polar surface area (TPSA) is 59.2 Å². The molecule has 0 aliphatic rings. The molecule has 1 aromatic heterocycles. The molecule has 22 heavy (non-hydrogen) atoms. The number of methoxy groups -OCH3 is 1. The molecule has 0 fully saturated rings. The predicted octanol–water partition coefficient (Wildman–Crippen LogP) is 3.12. The van der Waals surface area contributed by atoms with Gasteiger partial charge in [0.25, 0.3) is 0 Å². The molecule has 0 aliphatic carbocycles. The standard InChI is InChI=1S/C17H12FNO3/c1-22-17(21)11-4-7-13-15(8-11)19-14(9-16(13)20)10-2-5-12(18)6-3-10/h2-9H,1H3,(H,19,20). The number of halogens is 1. The van der Waals surface area contributed by atoms with Crippen LogP contribution in [0.15, 0.2) is 53.3 Å². The second-order valence-corrected chi connectivity index (χ2v) is 4.81. The van der Waals surface area contributed by atoms with Gasteiger partial charge in [-0.3, -0.25) is 4.79 Å². The van der Waals surface area contributed by atoms with E-state index in [-0.39, 0.29) is 11.2 Å². The number of aromatic nitrogens is 1. The van der Waals surface area contributed by atoms with Gasteiger partial charge in [-0.25, -0.2) is 9.18 Å². The van der Waals surface area contributed by atoms with Gasteiger partial charge in [0.2, 0.25) is 0 Å². The summed E-state index contributed by atoms with van der Waals surface area (Å²) in [5, 5.41) is 0.471. The molecule has 0 amide bonds. The van der Waals surface area contributed by atoms with Crippen LogP contribution in [0.3, 0.4) is 0 Å². The summed E-state index contributed by atoms with van der Waals surface area (Å²) >= 11 is 0. The zero-order valence-electron chi connectivity index (χ0n) is 11.7. The molecule has 0 bridgehead atoms. The lowest BCUT2D eigenvalue weighted by atomic mass is 10.1. The molecule has 3 aromatic rings. The van der Waals surface area contributed by atoms with Gasteiger partial charge in [-0.1, -0.05) is 0 Å². The van der Waals surface area contributed by atoms with Crippen molar-refractivity contribution in [3.8, 4) is 11.3 Å². The first-order valence-corrected chi connectivity index (χ1v) is 6.60. The summed E-state index contributed by atoms with van der Waals surface area (Å²) in [7, 11) is 1.30. The molecule has 1 N–H and O–H groups in total. The van der Waals surface area contributed by atoms with Gasteiger partial charge < -0.3 is 9.72 Å². The second kappa shape index (κ2) is 5.44. The number of nitrogens with one attached hydrogen (secondary N) is 1. The summed E-state index contributed by atoms with van der Waals surface area (Å²) in [5.41, 5.74) is 1.93. The molecule has 0 spiro atoms. The number of fused-ring (bicyclic) bond motifs is 1. The van der Waals surface area contributed by atoms with Gasteiger partial charge >= 0.3 is 5.97 Å². The fraction of sp³-hybridized carbons (Fsp3) is 0.0588. The fourth-order valence-electron chi connectivity index (χ4n) is 2.28. The third-order valence-electron chi connectivity index (χ3n) is 3.41. The molecule has 1 heterocycles. The maximum atomic E-state index is 13.0. The van der Waals surface area contributed by atoms with E-state index in [1.54, 1.807) is 30.3 Å². The lowest BCUT2D eigenvalue weighted by molar-refractivity contribution is 0.0601. The molecule has 3 rings (SSSR count). The number of carbonyl (C=O) groups is 1. The number of carbonyl (C=O) groups excluding carboxylic acids is 1. The van der Waals surface area contributed by atoms with Crippen LogP contribution >= 0.6 is 0 Å². The molecule has 2 aromatic carbocycles.